The molecule has 2 aromatic rings. The molecule has 0 aromatic heterocycles. The molecule has 0 atom stereocenters. The van der Waals surface area contributed by atoms with Gasteiger partial charge < -0.3 is 4.74 Å². The van der Waals surface area contributed by atoms with E-state index in [-0.39, 0.29) is 5.76 Å². The van der Waals surface area contributed by atoms with E-state index in [4.69, 9.17) is 4.74 Å². The number of carbonyl (C=O) groups is 2. The van der Waals surface area contributed by atoms with Crippen molar-refractivity contribution >= 4 is 28.4 Å². The molecule has 0 unspecified atom stereocenters. The zero-order valence-electron chi connectivity index (χ0n) is 9.77. The van der Waals surface area contributed by atoms with E-state index in [0.29, 0.717) is 5.56 Å². The van der Waals surface area contributed by atoms with Gasteiger partial charge in [-0.2, -0.15) is 0 Å². The second-order valence-electron chi connectivity index (χ2n) is 4.12. The maximum absolute atomic E-state index is 12.0. The topological polar surface area (TPSA) is 43.4 Å². The molecule has 1 aliphatic carbocycles. The molecule has 0 spiro atoms. The number of hydrogen-bond donors (Lipinski definition) is 0. The zero-order valence-corrected chi connectivity index (χ0v) is 9.77. The van der Waals surface area contributed by atoms with Crippen LogP contribution in [0.4, 0.5) is 0 Å². The van der Waals surface area contributed by atoms with Crippen LogP contribution in [0.2, 0.25) is 0 Å². The van der Waals surface area contributed by atoms with Crippen molar-refractivity contribution in [3.63, 3.8) is 0 Å². The predicted octanol–water partition coefficient (Wildman–Crippen LogP) is 2.59. The van der Waals surface area contributed by atoms with Crippen molar-refractivity contribution in [1.82, 2.24) is 0 Å². The van der Waals surface area contributed by atoms with Crippen LogP contribution in [0.1, 0.15) is 15.9 Å². The molecule has 18 heavy (non-hydrogen) atoms. The first-order valence-electron chi connectivity index (χ1n) is 5.59. The maximum Gasteiger partial charge on any atom is 0.267 e. The highest BCUT2D eigenvalue weighted by Gasteiger charge is 2.29. The summed E-state index contributed by atoms with van der Waals surface area (Å²) in [6.45, 7) is 0. The number of benzene rings is 2. The van der Waals surface area contributed by atoms with E-state index in [1.165, 1.54) is 7.11 Å². The van der Waals surface area contributed by atoms with Gasteiger partial charge in [0.2, 0.25) is 5.78 Å². The molecule has 1 aliphatic rings. The van der Waals surface area contributed by atoms with Crippen LogP contribution in [-0.2, 0) is 9.53 Å². The van der Waals surface area contributed by atoms with Crippen molar-refractivity contribution in [3.05, 3.63) is 53.3 Å². The van der Waals surface area contributed by atoms with Gasteiger partial charge in [-0.1, -0.05) is 30.3 Å². The fourth-order valence-corrected chi connectivity index (χ4v) is 2.23. The van der Waals surface area contributed by atoms with Gasteiger partial charge in [-0.15, -0.1) is 0 Å². The Bertz CT molecular complexity index is 711. The Morgan fingerprint density at radius 3 is 2.50 bits per heavy atom. The van der Waals surface area contributed by atoms with Gasteiger partial charge in [-0.3, -0.25) is 9.59 Å². The highest BCUT2D eigenvalue weighted by Crippen LogP contribution is 2.29. The molecule has 0 aliphatic heterocycles. The molecule has 3 nitrogen and oxygen atoms in total. The van der Waals surface area contributed by atoms with Crippen LogP contribution in [0.25, 0.3) is 16.8 Å². The summed E-state index contributed by atoms with van der Waals surface area (Å²) in [5.41, 5.74) is 1.20. The molecule has 0 amide bonds. The summed E-state index contributed by atoms with van der Waals surface area (Å²) in [5.74, 6) is -0.987. The zero-order chi connectivity index (χ0) is 12.7. The SMILES string of the molecule is COC1=Cc2c(ccc3ccccc23)C(=O)C1=O. The summed E-state index contributed by atoms with van der Waals surface area (Å²) in [7, 11) is 1.40. The molecule has 2 aromatic carbocycles. The molecule has 88 valence electrons. The molecule has 0 heterocycles. The summed E-state index contributed by atoms with van der Waals surface area (Å²) in [4.78, 5) is 23.7. The lowest BCUT2D eigenvalue weighted by atomic mass is 9.90. The van der Waals surface area contributed by atoms with Crippen molar-refractivity contribution in [2.45, 2.75) is 0 Å². The lowest BCUT2D eigenvalue weighted by Gasteiger charge is -2.15. The molecule has 0 saturated carbocycles. The third kappa shape index (κ3) is 1.37. The van der Waals surface area contributed by atoms with Crippen LogP contribution in [0, 0.1) is 0 Å². The minimum absolute atomic E-state index is 0.101. The monoisotopic (exact) mass is 238 g/mol. The Morgan fingerprint density at radius 1 is 0.944 bits per heavy atom. The van der Waals surface area contributed by atoms with E-state index in [2.05, 4.69) is 0 Å². The Balaban J connectivity index is 2.40. The van der Waals surface area contributed by atoms with Crippen molar-refractivity contribution in [2.24, 2.45) is 0 Å². The molecule has 0 fully saturated rings. The lowest BCUT2D eigenvalue weighted by molar-refractivity contribution is -0.114. The number of hydrogen-bond acceptors (Lipinski definition) is 3. The van der Waals surface area contributed by atoms with E-state index in [1.807, 2.05) is 30.3 Å². The Morgan fingerprint density at radius 2 is 1.72 bits per heavy atom. The lowest BCUT2D eigenvalue weighted by Crippen LogP contribution is -2.22. The molecule has 0 bridgehead atoms. The smallest absolute Gasteiger partial charge is 0.267 e. The predicted molar refractivity (Wildman–Crippen MR) is 68.3 cm³/mol. The fraction of sp³-hybridized carbons (Fsp3) is 0.0667. The number of carbonyl (C=O) groups excluding carboxylic acids is 2. The average molecular weight is 238 g/mol. The molecule has 0 radical (unpaired) electrons. The second-order valence-corrected chi connectivity index (χ2v) is 4.12. The third-order valence-corrected chi connectivity index (χ3v) is 3.14. The highest BCUT2D eigenvalue weighted by molar-refractivity contribution is 6.51. The summed E-state index contributed by atoms with van der Waals surface area (Å²) in [6.07, 6.45) is 1.64. The van der Waals surface area contributed by atoms with Crippen molar-refractivity contribution in [1.29, 1.82) is 0 Å². The van der Waals surface area contributed by atoms with Crippen LogP contribution in [0.5, 0.6) is 0 Å². The van der Waals surface area contributed by atoms with E-state index in [0.717, 1.165) is 16.3 Å². The van der Waals surface area contributed by atoms with Crippen molar-refractivity contribution in [3.8, 4) is 0 Å². The molecule has 3 heteroatoms. The average Bonchev–Trinajstić information content (AvgIpc) is 2.42. The van der Waals surface area contributed by atoms with E-state index in [1.54, 1.807) is 12.1 Å². The number of rotatable bonds is 1. The van der Waals surface area contributed by atoms with Crippen LogP contribution in [0.3, 0.4) is 0 Å². The van der Waals surface area contributed by atoms with E-state index < -0.39 is 11.6 Å². The molecule has 0 N–H and O–H groups in total. The Kier molecular flexibility index (Phi) is 2.27. The normalized spacial score (nSPS) is 14.4. The van der Waals surface area contributed by atoms with Gasteiger partial charge in [0.25, 0.3) is 5.78 Å². The Labute approximate surface area is 104 Å². The number of allylic oxidation sites excluding steroid dienone is 1. The minimum Gasteiger partial charge on any atom is -0.492 e. The Hall–Kier alpha value is -2.42. The van der Waals surface area contributed by atoms with Crippen LogP contribution in [-0.4, -0.2) is 18.7 Å². The largest absolute Gasteiger partial charge is 0.492 e. The van der Waals surface area contributed by atoms with E-state index >= 15 is 0 Å². The standard InChI is InChI=1S/C15H10O3/c1-18-13-8-12-10-5-3-2-4-9(10)6-7-11(12)14(16)15(13)17/h2-8H,1H3. The minimum atomic E-state index is -0.583. The van der Waals surface area contributed by atoms with Gasteiger partial charge in [0.1, 0.15) is 0 Å². The van der Waals surface area contributed by atoms with Gasteiger partial charge in [-0.05, 0) is 28.5 Å². The van der Waals surface area contributed by atoms with Crippen molar-refractivity contribution in [2.75, 3.05) is 7.11 Å². The number of Topliss-reactive ketones (excluding diaryl/α,β-unsaturated/α-hetero) is 2. The van der Waals surface area contributed by atoms with Crippen LogP contribution >= 0.6 is 0 Å². The van der Waals surface area contributed by atoms with Gasteiger partial charge in [0.05, 0.1) is 7.11 Å². The second kappa shape index (κ2) is 3.81. The number of ketones is 2. The molecule has 3 rings (SSSR count). The molecular formula is C15H10O3. The van der Waals surface area contributed by atoms with Gasteiger partial charge in [0.15, 0.2) is 5.76 Å². The maximum atomic E-state index is 12.0. The summed E-state index contributed by atoms with van der Waals surface area (Å²) < 4.78 is 4.97. The van der Waals surface area contributed by atoms with Gasteiger partial charge >= 0.3 is 0 Å². The van der Waals surface area contributed by atoms with Crippen molar-refractivity contribution < 1.29 is 14.3 Å². The fourth-order valence-electron chi connectivity index (χ4n) is 2.23. The first kappa shape index (κ1) is 10.7. The molecule has 0 saturated heterocycles. The number of methoxy groups -OCH3 is 1. The molecular weight excluding hydrogens is 228 g/mol. The first-order chi connectivity index (χ1) is 8.72. The van der Waals surface area contributed by atoms with Gasteiger partial charge in [-0.25, -0.2) is 0 Å². The van der Waals surface area contributed by atoms with E-state index in [9.17, 15) is 9.59 Å². The van der Waals surface area contributed by atoms with Crippen LogP contribution < -0.4 is 0 Å². The number of ether oxygens (including phenoxy) is 1. The highest BCUT2D eigenvalue weighted by atomic mass is 16.5. The summed E-state index contributed by atoms with van der Waals surface area (Å²) in [5, 5.41) is 1.98. The summed E-state index contributed by atoms with van der Waals surface area (Å²) in [6, 6.07) is 11.3. The third-order valence-electron chi connectivity index (χ3n) is 3.14. The first-order valence-corrected chi connectivity index (χ1v) is 5.59. The van der Waals surface area contributed by atoms with Gasteiger partial charge in [0, 0.05) is 5.56 Å². The quantitative estimate of drug-likeness (QED) is 0.717. The summed E-state index contributed by atoms with van der Waals surface area (Å²) >= 11 is 0. The van der Waals surface area contributed by atoms with Crippen LogP contribution in [0.15, 0.2) is 42.2 Å². The number of fused-ring (bicyclic) bond motifs is 3.